The second-order valence-electron chi connectivity index (χ2n) is 5.02. The number of halogens is 2. The number of para-hydroxylation sites is 1. The van der Waals surface area contributed by atoms with Gasteiger partial charge in [0.2, 0.25) is 0 Å². The van der Waals surface area contributed by atoms with Gasteiger partial charge in [0.1, 0.15) is 5.75 Å². The summed E-state index contributed by atoms with van der Waals surface area (Å²) in [6, 6.07) is 14.8. The number of nitrogens with one attached hydrogen (secondary N) is 1. The highest BCUT2D eigenvalue weighted by Gasteiger charge is 2.16. The first kappa shape index (κ1) is 16.5. The molecule has 0 aliphatic carbocycles. The zero-order chi connectivity index (χ0) is 15.4. The summed E-state index contributed by atoms with van der Waals surface area (Å²) in [5.74, 6) is 0.916. The molecule has 0 radical (unpaired) electrons. The van der Waals surface area contributed by atoms with Crippen molar-refractivity contribution >= 4 is 31.9 Å². The zero-order valence-electron chi connectivity index (χ0n) is 12.4. The number of hydrogen-bond donors (Lipinski definition) is 1. The lowest BCUT2D eigenvalue weighted by molar-refractivity contribution is 0.396. The van der Waals surface area contributed by atoms with E-state index in [0.29, 0.717) is 0 Å². The molecule has 0 aromatic heterocycles. The van der Waals surface area contributed by atoms with Gasteiger partial charge in [0.05, 0.1) is 7.11 Å². The molecule has 2 rings (SSSR count). The Hall–Kier alpha value is -0.840. The predicted molar refractivity (Wildman–Crippen MR) is 94.8 cm³/mol. The second kappa shape index (κ2) is 7.43. The number of rotatable bonds is 5. The minimum atomic E-state index is 0.201. The lowest BCUT2D eigenvalue weighted by Crippen LogP contribution is -2.23. The molecule has 0 bridgehead atoms. The van der Waals surface area contributed by atoms with Crippen LogP contribution in [0.5, 0.6) is 5.75 Å². The minimum Gasteiger partial charge on any atom is -0.496 e. The van der Waals surface area contributed by atoms with Crippen LogP contribution in [0.3, 0.4) is 0 Å². The molecule has 0 spiro atoms. The fraction of sp³-hybridized carbons (Fsp3) is 0.294. The monoisotopic (exact) mass is 411 g/mol. The summed E-state index contributed by atoms with van der Waals surface area (Å²) < 4.78 is 7.61. The second-order valence-corrected chi connectivity index (χ2v) is 6.79. The molecule has 0 saturated carbocycles. The quantitative estimate of drug-likeness (QED) is 0.686. The number of benzene rings is 2. The lowest BCUT2D eigenvalue weighted by Gasteiger charge is -2.23. The SMILES string of the molecule is COc1ccccc1[C@H](C)NC(C)c1ccc(Br)cc1Br. The average molecular weight is 413 g/mol. The van der Waals surface area contributed by atoms with Gasteiger partial charge in [-0.1, -0.05) is 56.1 Å². The number of methoxy groups -OCH3 is 1. The van der Waals surface area contributed by atoms with E-state index in [2.05, 4.69) is 75.3 Å². The third-order valence-electron chi connectivity index (χ3n) is 3.53. The molecule has 112 valence electrons. The minimum absolute atomic E-state index is 0.201. The normalized spacial score (nSPS) is 13.8. The van der Waals surface area contributed by atoms with Crippen LogP contribution in [0, 0.1) is 0 Å². The summed E-state index contributed by atoms with van der Waals surface area (Å²) in [7, 11) is 1.71. The third-order valence-corrected chi connectivity index (χ3v) is 4.71. The van der Waals surface area contributed by atoms with E-state index in [0.717, 1.165) is 14.7 Å². The van der Waals surface area contributed by atoms with Crippen LogP contribution in [0.4, 0.5) is 0 Å². The molecule has 1 N–H and O–H groups in total. The molecule has 4 heteroatoms. The Labute approximate surface area is 143 Å². The van der Waals surface area contributed by atoms with Gasteiger partial charge in [-0.25, -0.2) is 0 Å². The van der Waals surface area contributed by atoms with Crippen molar-refractivity contribution < 1.29 is 4.74 Å². The first-order chi connectivity index (χ1) is 10.0. The van der Waals surface area contributed by atoms with Crippen LogP contribution < -0.4 is 10.1 Å². The van der Waals surface area contributed by atoms with E-state index < -0.39 is 0 Å². The maximum atomic E-state index is 5.44. The first-order valence-corrected chi connectivity index (χ1v) is 8.45. The highest BCUT2D eigenvalue weighted by molar-refractivity contribution is 9.11. The summed E-state index contributed by atoms with van der Waals surface area (Å²) in [5, 5.41) is 3.62. The molecule has 0 saturated heterocycles. The Bertz CT molecular complexity index is 615. The molecule has 0 heterocycles. The molecule has 2 atom stereocenters. The van der Waals surface area contributed by atoms with Crippen molar-refractivity contribution in [1.29, 1.82) is 0 Å². The Morgan fingerprint density at radius 1 is 0.952 bits per heavy atom. The number of hydrogen-bond acceptors (Lipinski definition) is 2. The van der Waals surface area contributed by atoms with Crippen LogP contribution in [0.25, 0.3) is 0 Å². The van der Waals surface area contributed by atoms with Gasteiger partial charge in [-0.3, -0.25) is 0 Å². The average Bonchev–Trinajstić information content (AvgIpc) is 2.46. The van der Waals surface area contributed by atoms with E-state index in [9.17, 15) is 0 Å². The fourth-order valence-corrected chi connectivity index (χ4v) is 3.82. The molecule has 2 aromatic rings. The molecule has 0 fully saturated rings. The van der Waals surface area contributed by atoms with Crippen LogP contribution in [0.15, 0.2) is 51.4 Å². The van der Waals surface area contributed by atoms with Crippen LogP contribution in [0.1, 0.15) is 37.1 Å². The predicted octanol–water partition coefficient (Wildman–Crippen LogP) is 5.63. The summed E-state index contributed by atoms with van der Waals surface area (Å²) in [6.45, 7) is 4.32. The standard InChI is InChI=1S/C17H19Br2NO/c1-11(14-9-8-13(18)10-16(14)19)20-12(2)15-6-4-5-7-17(15)21-3/h4-12,20H,1-3H3/t11?,12-/m0/s1. The smallest absolute Gasteiger partial charge is 0.123 e. The summed E-state index contributed by atoms with van der Waals surface area (Å²) >= 11 is 7.11. The van der Waals surface area contributed by atoms with Gasteiger partial charge < -0.3 is 10.1 Å². The van der Waals surface area contributed by atoms with Gasteiger partial charge in [-0.15, -0.1) is 0 Å². The van der Waals surface area contributed by atoms with Crippen molar-refractivity contribution in [2.24, 2.45) is 0 Å². The molecule has 0 aliphatic rings. The van der Waals surface area contributed by atoms with Crippen LogP contribution >= 0.6 is 31.9 Å². The largest absolute Gasteiger partial charge is 0.496 e. The Morgan fingerprint density at radius 3 is 2.29 bits per heavy atom. The Morgan fingerprint density at radius 2 is 1.62 bits per heavy atom. The van der Waals surface area contributed by atoms with Crippen molar-refractivity contribution in [2.45, 2.75) is 25.9 Å². The number of ether oxygens (including phenoxy) is 1. The highest BCUT2D eigenvalue weighted by atomic mass is 79.9. The molecular weight excluding hydrogens is 394 g/mol. The van der Waals surface area contributed by atoms with Crippen LogP contribution in [-0.2, 0) is 0 Å². The molecule has 0 amide bonds. The van der Waals surface area contributed by atoms with Gasteiger partial charge in [-0.2, -0.15) is 0 Å². The van der Waals surface area contributed by atoms with E-state index in [1.54, 1.807) is 7.11 Å². The maximum Gasteiger partial charge on any atom is 0.123 e. The van der Waals surface area contributed by atoms with Crippen molar-refractivity contribution in [3.05, 3.63) is 62.5 Å². The van der Waals surface area contributed by atoms with Gasteiger partial charge in [0.25, 0.3) is 0 Å². The molecule has 0 aliphatic heterocycles. The first-order valence-electron chi connectivity index (χ1n) is 6.87. The zero-order valence-corrected chi connectivity index (χ0v) is 15.5. The molecule has 2 nitrogen and oxygen atoms in total. The van der Waals surface area contributed by atoms with Gasteiger partial charge >= 0.3 is 0 Å². The van der Waals surface area contributed by atoms with Crippen molar-refractivity contribution in [1.82, 2.24) is 5.32 Å². The Balaban J connectivity index is 2.16. The van der Waals surface area contributed by atoms with Crippen LogP contribution in [0.2, 0.25) is 0 Å². The summed E-state index contributed by atoms with van der Waals surface area (Å²) in [6.07, 6.45) is 0. The van der Waals surface area contributed by atoms with E-state index >= 15 is 0 Å². The van der Waals surface area contributed by atoms with Crippen molar-refractivity contribution in [3.8, 4) is 5.75 Å². The molecule has 1 unspecified atom stereocenters. The van der Waals surface area contributed by atoms with Gasteiger partial charge in [0, 0.05) is 26.6 Å². The van der Waals surface area contributed by atoms with Gasteiger partial charge in [-0.05, 0) is 37.6 Å². The molecular formula is C17H19Br2NO. The fourth-order valence-electron chi connectivity index (χ4n) is 2.43. The third kappa shape index (κ3) is 4.09. The topological polar surface area (TPSA) is 21.3 Å². The van der Waals surface area contributed by atoms with E-state index in [1.165, 1.54) is 11.1 Å². The Kier molecular flexibility index (Phi) is 5.85. The molecule has 21 heavy (non-hydrogen) atoms. The summed E-state index contributed by atoms with van der Waals surface area (Å²) in [4.78, 5) is 0. The lowest BCUT2D eigenvalue weighted by atomic mass is 10.0. The van der Waals surface area contributed by atoms with E-state index in [4.69, 9.17) is 4.74 Å². The van der Waals surface area contributed by atoms with Crippen molar-refractivity contribution in [3.63, 3.8) is 0 Å². The molecule has 2 aromatic carbocycles. The van der Waals surface area contributed by atoms with E-state index in [1.807, 2.05) is 18.2 Å². The van der Waals surface area contributed by atoms with Crippen molar-refractivity contribution in [2.75, 3.05) is 7.11 Å². The van der Waals surface area contributed by atoms with Gasteiger partial charge in [0.15, 0.2) is 0 Å². The van der Waals surface area contributed by atoms with Crippen LogP contribution in [-0.4, -0.2) is 7.11 Å². The summed E-state index contributed by atoms with van der Waals surface area (Å²) in [5.41, 5.74) is 2.40. The van der Waals surface area contributed by atoms with E-state index in [-0.39, 0.29) is 12.1 Å². The maximum absolute atomic E-state index is 5.44. The highest BCUT2D eigenvalue weighted by Crippen LogP contribution is 2.30.